The average Bonchev–Trinajstić information content (AvgIpc) is 3.31. The maximum Gasteiger partial charge on any atom is 0.210 e. The lowest BCUT2D eigenvalue weighted by molar-refractivity contribution is 0.603. The van der Waals surface area contributed by atoms with Crippen molar-refractivity contribution in [2.24, 2.45) is 0 Å². The van der Waals surface area contributed by atoms with E-state index in [1.807, 2.05) is 42.5 Å². The zero-order valence-corrected chi connectivity index (χ0v) is 16.0. The molecule has 2 heterocycles. The first-order valence-electron chi connectivity index (χ1n) is 7.92. The summed E-state index contributed by atoms with van der Waals surface area (Å²) >= 11 is 9.43. The van der Waals surface area contributed by atoms with Gasteiger partial charge >= 0.3 is 0 Å². The zero-order valence-electron chi connectivity index (χ0n) is 13.6. The first-order valence-corrected chi connectivity index (χ1v) is 10.2. The minimum Gasteiger partial charge on any atom is -0.240 e. The van der Waals surface area contributed by atoms with E-state index < -0.39 is 0 Å². The molecule has 0 N–H and O–H groups in total. The lowest BCUT2D eigenvalue weighted by atomic mass is 10.2. The quantitative estimate of drug-likeness (QED) is 0.436. The van der Waals surface area contributed by atoms with Crippen LogP contribution in [-0.4, -0.2) is 25.2 Å². The van der Waals surface area contributed by atoms with Gasteiger partial charge in [0.2, 0.25) is 5.16 Å². The molecule has 0 saturated carbocycles. The van der Waals surface area contributed by atoms with E-state index in [0.29, 0.717) is 17.3 Å². The molecule has 0 amide bonds. The molecular formula is C18H14ClN5S2. The van der Waals surface area contributed by atoms with E-state index >= 15 is 0 Å². The topological polar surface area (TPSA) is 56.5 Å². The Balaban J connectivity index is 1.44. The van der Waals surface area contributed by atoms with Gasteiger partial charge in [-0.25, -0.2) is 9.67 Å². The summed E-state index contributed by atoms with van der Waals surface area (Å²) in [5, 5.41) is 16.5. The smallest absolute Gasteiger partial charge is 0.210 e. The largest absolute Gasteiger partial charge is 0.240 e. The second-order valence-corrected chi connectivity index (χ2v) is 7.73. The maximum absolute atomic E-state index is 6.26. The molecule has 0 aliphatic heterocycles. The van der Waals surface area contributed by atoms with E-state index in [-0.39, 0.29) is 0 Å². The lowest BCUT2D eigenvalue weighted by Crippen LogP contribution is -2.03. The van der Waals surface area contributed by atoms with Crippen LogP contribution in [-0.2, 0) is 12.3 Å². The Kier molecular flexibility index (Phi) is 5.29. The fraction of sp³-hybridized carbons (Fsp3) is 0.111. The van der Waals surface area contributed by atoms with Crippen molar-refractivity contribution in [1.29, 1.82) is 0 Å². The van der Waals surface area contributed by atoms with Gasteiger partial charge in [-0.05, 0) is 22.1 Å². The van der Waals surface area contributed by atoms with Crippen LogP contribution in [0.4, 0.5) is 0 Å². The van der Waals surface area contributed by atoms with E-state index in [4.69, 9.17) is 11.6 Å². The Morgan fingerprint density at radius 3 is 2.69 bits per heavy atom. The number of thioether (sulfide) groups is 1. The molecule has 0 aliphatic carbocycles. The van der Waals surface area contributed by atoms with Gasteiger partial charge in [0.05, 0.1) is 17.3 Å². The van der Waals surface area contributed by atoms with Crippen LogP contribution >= 0.6 is 34.7 Å². The highest BCUT2D eigenvalue weighted by Crippen LogP contribution is 2.31. The van der Waals surface area contributed by atoms with E-state index in [1.54, 1.807) is 27.8 Å². The molecule has 0 atom stereocenters. The molecule has 4 rings (SSSR count). The highest BCUT2D eigenvalue weighted by atomic mass is 35.5. The molecule has 130 valence electrons. The van der Waals surface area contributed by atoms with Crippen molar-refractivity contribution >= 4 is 34.7 Å². The molecule has 8 heteroatoms. The predicted octanol–water partition coefficient (Wildman–Crippen LogP) is 4.79. The summed E-state index contributed by atoms with van der Waals surface area (Å²) in [6.45, 7) is 0.651. The Morgan fingerprint density at radius 2 is 1.85 bits per heavy atom. The molecular weight excluding hydrogens is 386 g/mol. The predicted molar refractivity (Wildman–Crippen MR) is 105 cm³/mol. The molecule has 0 fully saturated rings. The van der Waals surface area contributed by atoms with Crippen LogP contribution in [0.3, 0.4) is 0 Å². The van der Waals surface area contributed by atoms with Crippen molar-refractivity contribution in [2.75, 3.05) is 0 Å². The van der Waals surface area contributed by atoms with Crippen LogP contribution in [0.5, 0.6) is 0 Å². The zero-order chi connectivity index (χ0) is 17.8. The van der Waals surface area contributed by atoms with Gasteiger partial charge in [0.25, 0.3) is 0 Å². The van der Waals surface area contributed by atoms with Gasteiger partial charge in [0, 0.05) is 16.7 Å². The first kappa shape index (κ1) is 17.2. The lowest BCUT2D eigenvalue weighted by Gasteiger charge is -2.03. The van der Waals surface area contributed by atoms with Gasteiger partial charge < -0.3 is 0 Å². The van der Waals surface area contributed by atoms with Gasteiger partial charge in [-0.2, -0.15) is 0 Å². The molecule has 0 aliphatic rings. The third kappa shape index (κ3) is 3.95. The van der Waals surface area contributed by atoms with Crippen LogP contribution < -0.4 is 0 Å². The monoisotopic (exact) mass is 399 g/mol. The molecule has 2 aromatic heterocycles. The molecule has 4 aromatic rings. The van der Waals surface area contributed by atoms with Crippen LogP contribution in [0, 0.1) is 0 Å². The summed E-state index contributed by atoms with van der Waals surface area (Å²) in [6, 6.07) is 17.9. The van der Waals surface area contributed by atoms with Crippen molar-refractivity contribution < 1.29 is 0 Å². The van der Waals surface area contributed by atoms with Crippen molar-refractivity contribution in [3.05, 3.63) is 76.3 Å². The van der Waals surface area contributed by atoms with Gasteiger partial charge in [-0.3, -0.25) is 0 Å². The number of thiazole rings is 1. The third-order valence-electron chi connectivity index (χ3n) is 3.68. The summed E-state index contributed by atoms with van der Waals surface area (Å²) in [6.07, 6.45) is 0. The minimum atomic E-state index is 0.651. The first-order chi connectivity index (χ1) is 12.8. The molecule has 0 bridgehead atoms. The van der Waals surface area contributed by atoms with Crippen LogP contribution in [0.15, 0.2) is 65.1 Å². The number of tetrazole rings is 1. The van der Waals surface area contributed by atoms with Crippen LogP contribution in [0.25, 0.3) is 10.6 Å². The van der Waals surface area contributed by atoms with Crippen molar-refractivity contribution in [1.82, 2.24) is 25.2 Å². The Labute approximate surface area is 164 Å². The standard InChI is InChI=1S/C18H14ClN5S2/c19-16-9-5-4-8-15(16)17-20-14(11-25-17)12-26-18-21-22-23-24(18)10-13-6-2-1-3-7-13/h1-9,11H,10,12H2. The number of hydrogen-bond donors (Lipinski definition) is 0. The van der Waals surface area contributed by atoms with Crippen LogP contribution in [0.2, 0.25) is 5.02 Å². The normalized spacial score (nSPS) is 11.0. The molecule has 0 saturated heterocycles. The number of benzene rings is 2. The number of aromatic nitrogens is 5. The number of rotatable bonds is 6. The maximum atomic E-state index is 6.26. The van der Waals surface area contributed by atoms with Gasteiger partial charge in [-0.15, -0.1) is 16.4 Å². The Morgan fingerprint density at radius 1 is 1.04 bits per heavy atom. The SMILES string of the molecule is Clc1ccccc1-c1nc(CSc2nnnn2Cc2ccccc2)cs1. The number of halogens is 1. The molecule has 0 unspecified atom stereocenters. The summed E-state index contributed by atoms with van der Waals surface area (Å²) in [5.41, 5.74) is 3.12. The molecule has 5 nitrogen and oxygen atoms in total. The van der Waals surface area contributed by atoms with Gasteiger partial charge in [0.1, 0.15) is 5.01 Å². The second-order valence-electron chi connectivity index (χ2n) is 5.52. The molecule has 0 spiro atoms. The van der Waals surface area contributed by atoms with Crippen molar-refractivity contribution in [3.8, 4) is 10.6 Å². The summed E-state index contributed by atoms with van der Waals surface area (Å²) < 4.78 is 1.81. The van der Waals surface area contributed by atoms with E-state index in [1.165, 1.54) is 0 Å². The van der Waals surface area contributed by atoms with E-state index in [0.717, 1.165) is 27.0 Å². The minimum absolute atomic E-state index is 0.651. The highest BCUT2D eigenvalue weighted by molar-refractivity contribution is 7.98. The molecule has 2 aromatic carbocycles. The van der Waals surface area contributed by atoms with Crippen LogP contribution in [0.1, 0.15) is 11.3 Å². The highest BCUT2D eigenvalue weighted by Gasteiger charge is 2.11. The van der Waals surface area contributed by atoms with E-state index in [2.05, 4.69) is 38.0 Å². The number of nitrogens with zero attached hydrogens (tertiary/aromatic N) is 5. The van der Waals surface area contributed by atoms with Gasteiger partial charge in [-0.1, -0.05) is 71.9 Å². The Hall–Kier alpha value is -2.22. The fourth-order valence-corrected chi connectivity index (χ4v) is 4.44. The van der Waals surface area contributed by atoms with Gasteiger partial charge in [0.15, 0.2) is 0 Å². The Bertz CT molecular complexity index is 1000. The van der Waals surface area contributed by atoms with E-state index in [9.17, 15) is 0 Å². The fourth-order valence-electron chi connectivity index (χ4n) is 2.43. The summed E-state index contributed by atoms with van der Waals surface area (Å²) in [5.74, 6) is 0.704. The average molecular weight is 400 g/mol. The summed E-state index contributed by atoms with van der Waals surface area (Å²) in [4.78, 5) is 4.69. The second kappa shape index (κ2) is 7.99. The number of hydrogen-bond acceptors (Lipinski definition) is 6. The molecule has 26 heavy (non-hydrogen) atoms. The summed E-state index contributed by atoms with van der Waals surface area (Å²) in [7, 11) is 0. The van der Waals surface area contributed by atoms with Crippen molar-refractivity contribution in [3.63, 3.8) is 0 Å². The third-order valence-corrected chi connectivity index (χ3v) is 5.92. The molecule has 0 radical (unpaired) electrons. The van der Waals surface area contributed by atoms with Crippen molar-refractivity contribution in [2.45, 2.75) is 17.5 Å².